The fourth-order valence-corrected chi connectivity index (χ4v) is 5.62. The Bertz CT molecular complexity index is 454. The molecule has 106 valence electrons. The lowest BCUT2D eigenvalue weighted by Gasteiger charge is -2.44. The Morgan fingerprint density at radius 2 is 1.95 bits per heavy atom. The van der Waals surface area contributed by atoms with E-state index in [2.05, 4.69) is 20.8 Å². The number of aromatic nitrogens is 1. The number of fused-ring (bicyclic) bond motifs is 1. The van der Waals surface area contributed by atoms with E-state index in [1.807, 2.05) is 11.3 Å². The Hall–Kier alpha value is -0.410. The highest BCUT2D eigenvalue weighted by Crippen LogP contribution is 2.48. The van der Waals surface area contributed by atoms with Gasteiger partial charge in [-0.1, -0.05) is 20.8 Å². The molecule has 1 fully saturated rings. The first-order valence-electron chi connectivity index (χ1n) is 7.66. The molecule has 2 aliphatic carbocycles. The van der Waals surface area contributed by atoms with Crippen molar-refractivity contribution >= 4 is 11.3 Å². The van der Waals surface area contributed by atoms with E-state index >= 15 is 0 Å². The van der Waals surface area contributed by atoms with Crippen molar-refractivity contribution < 1.29 is 0 Å². The van der Waals surface area contributed by atoms with Crippen molar-refractivity contribution in [2.45, 2.75) is 71.3 Å². The van der Waals surface area contributed by atoms with Crippen molar-refractivity contribution in [1.29, 1.82) is 0 Å². The molecule has 1 saturated carbocycles. The van der Waals surface area contributed by atoms with Gasteiger partial charge >= 0.3 is 0 Å². The summed E-state index contributed by atoms with van der Waals surface area (Å²) in [4.78, 5) is 6.46. The standard InChI is InChI=1S/C16H26N2S/c1-11-8-15(2,3)10-16(17,9-11)14-18-12-6-4-5-7-13(12)19-14/h11H,4-10,17H2,1-3H3. The lowest BCUT2D eigenvalue weighted by molar-refractivity contribution is 0.107. The van der Waals surface area contributed by atoms with Crippen LogP contribution in [0.3, 0.4) is 0 Å². The van der Waals surface area contributed by atoms with Crippen LogP contribution >= 0.6 is 11.3 Å². The van der Waals surface area contributed by atoms with Gasteiger partial charge in [0, 0.05) is 4.88 Å². The molecule has 3 rings (SSSR count). The predicted molar refractivity (Wildman–Crippen MR) is 81.4 cm³/mol. The molecule has 19 heavy (non-hydrogen) atoms. The Kier molecular flexibility index (Phi) is 3.25. The zero-order valence-corrected chi connectivity index (χ0v) is 13.3. The Morgan fingerprint density at radius 1 is 1.21 bits per heavy atom. The van der Waals surface area contributed by atoms with Crippen molar-refractivity contribution in [2.24, 2.45) is 17.1 Å². The lowest BCUT2D eigenvalue weighted by atomic mass is 9.65. The zero-order valence-electron chi connectivity index (χ0n) is 12.5. The molecule has 1 aromatic rings. The first-order chi connectivity index (χ1) is 8.88. The zero-order chi connectivity index (χ0) is 13.7. The highest BCUT2D eigenvalue weighted by Gasteiger charge is 2.43. The smallest absolute Gasteiger partial charge is 0.113 e. The second-order valence-electron chi connectivity index (χ2n) is 7.61. The SMILES string of the molecule is CC1CC(C)(C)CC(N)(c2nc3c(s2)CCCC3)C1. The monoisotopic (exact) mass is 278 g/mol. The molecule has 0 bridgehead atoms. The van der Waals surface area contributed by atoms with Crippen LogP contribution in [0.4, 0.5) is 0 Å². The molecule has 2 atom stereocenters. The highest BCUT2D eigenvalue weighted by atomic mass is 32.1. The van der Waals surface area contributed by atoms with Crippen LogP contribution in [0.5, 0.6) is 0 Å². The fraction of sp³-hybridized carbons (Fsp3) is 0.812. The second-order valence-corrected chi connectivity index (χ2v) is 8.69. The molecule has 3 heteroatoms. The molecular weight excluding hydrogens is 252 g/mol. The van der Waals surface area contributed by atoms with Crippen LogP contribution < -0.4 is 5.73 Å². The normalized spacial score (nSPS) is 34.0. The van der Waals surface area contributed by atoms with Gasteiger partial charge in [-0.2, -0.15) is 0 Å². The van der Waals surface area contributed by atoms with Crippen molar-refractivity contribution in [3.05, 3.63) is 15.6 Å². The third kappa shape index (κ3) is 2.59. The Balaban J connectivity index is 1.93. The topological polar surface area (TPSA) is 38.9 Å². The third-order valence-corrected chi connectivity index (χ3v) is 6.06. The summed E-state index contributed by atoms with van der Waals surface area (Å²) in [5.41, 5.74) is 8.33. The summed E-state index contributed by atoms with van der Waals surface area (Å²) in [6.45, 7) is 7.06. The van der Waals surface area contributed by atoms with Gasteiger partial charge in [0.1, 0.15) is 5.01 Å². The highest BCUT2D eigenvalue weighted by molar-refractivity contribution is 7.11. The average molecular weight is 278 g/mol. The van der Waals surface area contributed by atoms with Crippen LogP contribution in [0.2, 0.25) is 0 Å². The number of aryl methyl sites for hydroxylation is 2. The molecule has 2 aliphatic rings. The number of hydrogen-bond acceptors (Lipinski definition) is 3. The molecule has 1 heterocycles. The number of nitrogens with zero attached hydrogens (tertiary/aromatic N) is 1. The van der Waals surface area contributed by atoms with Crippen LogP contribution in [-0.2, 0) is 18.4 Å². The summed E-state index contributed by atoms with van der Waals surface area (Å²) < 4.78 is 0. The molecule has 1 aromatic heterocycles. The lowest BCUT2D eigenvalue weighted by Crippen LogP contribution is -2.46. The first kappa shape index (κ1) is 13.6. The van der Waals surface area contributed by atoms with E-state index in [0.717, 1.165) is 12.8 Å². The van der Waals surface area contributed by atoms with E-state index in [1.54, 1.807) is 0 Å². The Morgan fingerprint density at radius 3 is 2.63 bits per heavy atom. The number of nitrogens with two attached hydrogens (primary N) is 1. The minimum Gasteiger partial charge on any atom is -0.319 e. The minimum absolute atomic E-state index is 0.177. The first-order valence-corrected chi connectivity index (χ1v) is 8.48. The molecule has 2 N–H and O–H groups in total. The fourth-order valence-electron chi connectivity index (χ4n) is 4.36. The molecule has 2 unspecified atom stereocenters. The van der Waals surface area contributed by atoms with Crippen molar-refractivity contribution in [3.63, 3.8) is 0 Å². The van der Waals surface area contributed by atoms with Gasteiger partial charge < -0.3 is 5.73 Å². The summed E-state index contributed by atoms with van der Waals surface area (Å²) in [7, 11) is 0. The number of hydrogen-bond donors (Lipinski definition) is 1. The second kappa shape index (κ2) is 4.56. The molecule has 0 aromatic carbocycles. The van der Waals surface area contributed by atoms with Crippen LogP contribution in [0.25, 0.3) is 0 Å². The van der Waals surface area contributed by atoms with E-state index in [0.29, 0.717) is 11.3 Å². The third-order valence-electron chi connectivity index (χ3n) is 4.68. The molecular formula is C16H26N2S. The van der Waals surface area contributed by atoms with Crippen molar-refractivity contribution in [1.82, 2.24) is 4.98 Å². The molecule has 2 nitrogen and oxygen atoms in total. The summed E-state index contributed by atoms with van der Waals surface area (Å²) >= 11 is 1.91. The summed E-state index contributed by atoms with van der Waals surface area (Å²) in [5.74, 6) is 0.703. The maximum atomic E-state index is 6.81. The largest absolute Gasteiger partial charge is 0.319 e. The summed E-state index contributed by atoms with van der Waals surface area (Å²) in [6.07, 6.45) is 8.49. The van der Waals surface area contributed by atoms with Gasteiger partial charge in [-0.15, -0.1) is 11.3 Å². The van der Waals surface area contributed by atoms with Gasteiger partial charge in [0.25, 0.3) is 0 Å². The molecule has 0 radical (unpaired) electrons. The maximum absolute atomic E-state index is 6.81. The van der Waals surface area contributed by atoms with E-state index in [4.69, 9.17) is 10.7 Å². The molecule has 0 amide bonds. The predicted octanol–water partition coefficient (Wildman–Crippen LogP) is 4.02. The van der Waals surface area contributed by atoms with Crippen molar-refractivity contribution in [3.8, 4) is 0 Å². The summed E-state index contributed by atoms with van der Waals surface area (Å²) in [6, 6.07) is 0. The van der Waals surface area contributed by atoms with E-state index in [9.17, 15) is 0 Å². The average Bonchev–Trinajstić information content (AvgIpc) is 2.69. The van der Waals surface area contributed by atoms with Gasteiger partial charge in [0.2, 0.25) is 0 Å². The van der Waals surface area contributed by atoms with Crippen LogP contribution in [0, 0.1) is 11.3 Å². The van der Waals surface area contributed by atoms with Crippen molar-refractivity contribution in [2.75, 3.05) is 0 Å². The van der Waals surface area contributed by atoms with Gasteiger partial charge in [0.05, 0.1) is 11.2 Å². The number of thiazole rings is 1. The maximum Gasteiger partial charge on any atom is 0.113 e. The van der Waals surface area contributed by atoms with Gasteiger partial charge in [-0.3, -0.25) is 0 Å². The molecule has 0 spiro atoms. The Labute approximate surface area is 120 Å². The van der Waals surface area contributed by atoms with Crippen LogP contribution in [-0.4, -0.2) is 4.98 Å². The van der Waals surface area contributed by atoms with Crippen LogP contribution in [0.1, 0.15) is 68.5 Å². The van der Waals surface area contributed by atoms with Crippen LogP contribution in [0.15, 0.2) is 0 Å². The molecule has 0 aliphatic heterocycles. The summed E-state index contributed by atoms with van der Waals surface area (Å²) in [5, 5.41) is 1.22. The van der Waals surface area contributed by atoms with Gasteiger partial charge in [-0.25, -0.2) is 4.98 Å². The number of rotatable bonds is 1. The van der Waals surface area contributed by atoms with Gasteiger partial charge in [-0.05, 0) is 56.3 Å². The van der Waals surface area contributed by atoms with E-state index in [-0.39, 0.29) is 5.54 Å². The van der Waals surface area contributed by atoms with Gasteiger partial charge in [0.15, 0.2) is 0 Å². The quantitative estimate of drug-likeness (QED) is 0.842. The van der Waals surface area contributed by atoms with E-state index < -0.39 is 0 Å². The molecule has 0 saturated heterocycles. The minimum atomic E-state index is -0.177. The van der Waals surface area contributed by atoms with E-state index in [1.165, 1.54) is 47.7 Å².